The Morgan fingerprint density at radius 3 is 2.74 bits per heavy atom. The Morgan fingerprint density at radius 1 is 1.53 bits per heavy atom. The summed E-state index contributed by atoms with van der Waals surface area (Å²) < 4.78 is 5.18. The molecule has 0 spiro atoms. The van der Waals surface area contributed by atoms with Gasteiger partial charge in [0.2, 0.25) is 0 Å². The summed E-state index contributed by atoms with van der Waals surface area (Å²) in [6.45, 7) is 3.68. The molecule has 2 rings (SSSR count). The minimum Gasteiger partial charge on any atom is -0.478 e. The highest BCUT2D eigenvalue weighted by Gasteiger charge is 2.29. The molecule has 0 radical (unpaired) electrons. The van der Waals surface area contributed by atoms with Crippen LogP contribution in [0.4, 0.5) is 0 Å². The molecule has 0 saturated heterocycles. The highest BCUT2D eigenvalue weighted by atomic mass is 32.2. The summed E-state index contributed by atoms with van der Waals surface area (Å²) in [5, 5.41) is 9.85. The Kier molecular flexibility index (Phi) is 4.42. The summed E-state index contributed by atoms with van der Waals surface area (Å²) in [7, 11) is 1.64. The van der Waals surface area contributed by atoms with Gasteiger partial charge in [-0.05, 0) is 26.7 Å². The number of methoxy groups -OCH3 is 1. The maximum atomic E-state index is 11.3. The Morgan fingerprint density at radius 2 is 2.21 bits per heavy atom. The third kappa shape index (κ3) is 3.45. The fourth-order valence-electron chi connectivity index (χ4n) is 1.71. The van der Waals surface area contributed by atoms with Crippen LogP contribution in [-0.4, -0.2) is 40.0 Å². The highest BCUT2D eigenvalue weighted by molar-refractivity contribution is 7.99. The lowest BCUT2D eigenvalue weighted by molar-refractivity contribution is 0.0690. The van der Waals surface area contributed by atoms with Crippen LogP contribution in [0.2, 0.25) is 0 Å². The second-order valence-electron chi connectivity index (χ2n) is 4.78. The molecule has 1 N–H and O–H groups in total. The molecule has 1 aliphatic rings. The number of aryl methyl sites for hydroxylation is 1. The van der Waals surface area contributed by atoms with Gasteiger partial charge in [-0.1, -0.05) is 0 Å². The molecule has 0 aliphatic heterocycles. The van der Waals surface area contributed by atoms with E-state index in [9.17, 15) is 9.90 Å². The minimum absolute atomic E-state index is 0.0614. The number of rotatable bonds is 6. The van der Waals surface area contributed by atoms with E-state index in [1.165, 1.54) is 11.8 Å². The SMILES string of the molecule is COC(C)CSc1nc(C2CC2)nc(C)c1C(=O)O. The van der Waals surface area contributed by atoms with E-state index >= 15 is 0 Å². The third-order valence-corrected chi connectivity index (χ3v) is 4.29. The van der Waals surface area contributed by atoms with Crippen LogP contribution in [-0.2, 0) is 4.74 Å². The molecule has 1 aromatic heterocycles. The fourth-order valence-corrected chi connectivity index (χ4v) is 2.77. The normalized spacial score (nSPS) is 16.4. The fraction of sp³-hybridized carbons (Fsp3) is 0.615. The van der Waals surface area contributed by atoms with Gasteiger partial charge in [-0.2, -0.15) is 0 Å². The Balaban J connectivity index is 2.28. The summed E-state index contributed by atoms with van der Waals surface area (Å²) in [5.74, 6) is 0.917. The van der Waals surface area contributed by atoms with Crippen molar-refractivity contribution in [1.29, 1.82) is 0 Å². The Labute approximate surface area is 116 Å². The molecule has 1 aliphatic carbocycles. The van der Waals surface area contributed by atoms with E-state index in [1.807, 2.05) is 6.92 Å². The first-order chi connectivity index (χ1) is 9.02. The smallest absolute Gasteiger partial charge is 0.340 e. The van der Waals surface area contributed by atoms with E-state index in [1.54, 1.807) is 14.0 Å². The number of thioether (sulfide) groups is 1. The summed E-state index contributed by atoms with van der Waals surface area (Å²) in [4.78, 5) is 20.1. The van der Waals surface area contributed by atoms with Gasteiger partial charge < -0.3 is 9.84 Å². The van der Waals surface area contributed by atoms with Gasteiger partial charge in [0.1, 0.15) is 16.4 Å². The van der Waals surface area contributed by atoms with Gasteiger partial charge in [0.25, 0.3) is 0 Å². The van der Waals surface area contributed by atoms with E-state index in [-0.39, 0.29) is 11.7 Å². The molecular weight excluding hydrogens is 264 g/mol. The molecule has 1 aromatic rings. The molecule has 6 heteroatoms. The van der Waals surface area contributed by atoms with Crippen molar-refractivity contribution in [1.82, 2.24) is 9.97 Å². The predicted molar refractivity (Wildman–Crippen MR) is 72.9 cm³/mol. The van der Waals surface area contributed by atoms with Crippen molar-refractivity contribution in [2.45, 2.75) is 43.7 Å². The third-order valence-electron chi connectivity index (χ3n) is 3.09. The van der Waals surface area contributed by atoms with Gasteiger partial charge in [-0.15, -0.1) is 11.8 Å². The van der Waals surface area contributed by atoms with Crippen molar-refractivity contribution < 1.29 is 14.6 Å². The number of hydrogen-bond donors (Lipinski definition) is 1. The first kappa shape index (κ1) is 14.3. The molecule has 1 fully saturated rings. The van der Waals surface area contributed by atoms with Crippen molar-refractivity contribution in [3.63, 3.8) is 0 Å². The lowest BCUT2D eigenvalue weighted by atomic mass is 10.2. The van der Waals surface area contributed by atoms with Crippen LogP contribution in [0, 0.1) is 6.92 Å². The molecule has 0 bridgehead atoms. The second kappa shape index (κ2) is 5.88. The first-order valence-electron chi connectivity index (χ1n) is 6.30. The van der Waals surface area contributed by atoms with Crippen LogP contribution in [0.25, 0.3) is 0 Å². The highest BCUT2D eigenvalue weighted by Crippen LogP contribution is 2.39. The molecule has 0 aromatic carbocycles. The van der Waals surface area contributed by atoms with Crippen molar-refractivity contribution in [2.75, 3.05) is 12.9 Å². The quantitative estimate of drug-likeness (QED) is 0.638. The molecule has 1 heterocycles. The summed E-state index contributed by atoms with van der Waals surface area (Å²) >= 11 is 1.42. The summed E-state index contributed by atoms with van der Waals surface area (Å²) in [6, 6.07) is 0. The van der Waals surface area contributed by atoms with Gasteiger partial charge in [0.15, 0.2) is 0 Å². The van der Waals surface area contributed by atoms with Gasteiger partial charge in [-0.25, -0.2) is 14.8 Å². The van der Waals surface area contributed by atoms with Crippen LogP contribution in [0.15, 0.2) is 5.03 Å². The van der Waals surface area contributed by atoms with Crippen LogP contribution in [0.5, 0.6) is 0 Å². The van der Waals surface area contributed by atoms with E-state index in [0.29, 0.717) is 22.4 Å². The number of carboxylic acid groups (broad SMARTS) is 1. The number of carboxylic acids is 1. The molecule has 1 atom stereocenters. The standard InChI is InChI=1S/C13H18N2O3S/c1-7(18-3)6-19-12-10(13(16)17)8(2)14-11(15-12)9-4-5-9/h7,9H,4-6H2,1-3H3,(H,16,17). The molecule has 19 heavy (non-hydrogen) atoms. The number of hydrogen-bond acceptors (Lipinski definition) is 5. The molecule has 0 amide bonds. The second-order valence-corrected chi connectivity index (χ2v) is 5.79. The number of aromatic carboxylic acids is 1. The zero-order chi connectivity index (χ0) is 14.0. The predicted octanol–water partition coefficient (Wildman–Crippen LogP) is 2.49. The van der Waals surface area contributed by atoms with E-state index in [0.717, 1.165) is 18.7 Å². The van der Waals surface area contributed by atoms with E-state index in [2.05, 4.69) is 9.97 Å². The molecule has 104 valence electrons. The van der Waals surface area contributed by atoms with Gasteiger partial charge in [-0.3, -0.25) is 0 Å². The van der Waals surface area contributed by atoms with Crippen LogP contribution < -0.4 is 0 Å². The number of carbonyl (C=O) groups is 1. The lowest BCUT2D eigenvalue weighted by Gasteiger charge is -2.12. The van der Waals surface area contributed by atoms with Crippen LogP contribution >= 0.6 is 11.8 Å². The topological polar surface area (TPSA) is 72.3 Å². The maximum Gasteiger partial charge on any atom is 0.340 e. The average Bonchev–Trinajstić information content (AvgIpc) is 3.18. The number of nitrogens with zero attached hydrogens (tertiary/aromatic N) is 2. The molecule has 1 saturated carbocycles. The largest absolute Gasteiger partial charge is 0.478 e. The molecule has 5 nitrogen and oxygen atoms in total. The average molecular weight is 282 g/mol. The number of aromatic nitrogens is 2. The van der Waals surface area contributed by atoms with Gasteiger partial charge in [0, 0.05) is 18.8 Å². The van der Waals surface area contributed by atoms with Crippen molar-refractivity contribution in [3.8, 4) is 0 Å². The minimum atomic E-state index is -0.965. The molecule has 1 unspecified atom stereocenters. The molecular formula is C13H18N2O3S. The van der Waals surface area contributed by atoms with Crippen molar-refractivity contribution >= 4 is 17.7 Å². The van der Waals surface area contributed by atoms with E-state index in [4.69, 9.17) is 4.74 Å². The summed E-state index contributed by atoms with van der Waals surface area (Å²) in [5.41, 5.74) is 0.773. The van der Waals surface area contributed by atoms with Crippen LogP contribution in [0.3, 0.4) is 0 Å². The van der Waals surface area contributed by atoms with Gasteiger partial charge in [0.05, 0.1) is 11.8 Å². The van der Waals surface area contributed by atoms with Crippen LogP contribution in [0.1, 0.15) is 47.6 Å². The van der Waals surface area contributed by atoms with Crippen molar-refractivity contribution in [3.05, 3.63) is 17.1 Å². The first-order valence-corrected chi connectivity index (χ1v) is 7.29. The Hall–Kier alpha value is -1.14. The number of ether oxygens (including phenoxy) is 1. The maximum absolute atomic E-state index is 11.3. The Bertz CT molecular complexity index is 489. The monoisotopic (exact) mass is 282 g/mol. The van der Waals surface area contributed by atoms with Gasteiger partial charge >= 0.3 is 5.97 Å². The zero-order valence-corrected chi connectivity index (χ0v) is 12.2. The zero-order valence-electron chi connectivity index (χ0n) is 11.3. The lowest BCUT2D eigenvalue weighted by Crippen LogP contribution is -2.12. The van der Waals surface area contributed by atoms with Crippen molar-refractivity contribution in [2.24, 2.45) is 0 Å². The summed E-state index contributed by atoms with van der Waals surface area (Å²) in [6.07, 6.45) is 2.26. The van der Waals surface area contributed by atoms with E-state index < -0.39 is 5.97 Å².